The molecule has 2 rings (SSSR count). The molecule has 0 saturated carbocycles. The van der Waals surface area contributed by atoms with Crippen LogP contribution in [0.3, 0.4) is 0 Å². The van der Waals surface area contributed by atoms with Crippen LogP contribution in [0.25, 0.3) is 9.81 Å². The van der Waals surface area contributed by atoms with Gasteiger partial charge in [-0.05, 0) is 23.1 Å². The fraction of sp³-hybridized carbons (Fsp3) is 0. The topological polar surface area (TPSA) is 26.0 Å². The molecule has 0 aliphatic carbocycles. The Morgan fingerprint density at radius 2 is 1.29 bits per heavy atom. The molecule has 17 heavy (non-hydrogen) atoms. The van der Waals surface area contributed by atoms with Crippen molar-refractivity contribution in [3.8, 4) is 0 Å². The maximum atomic E-state index is 5.75. The summed E-state index contributed by atoms with van der Waals surface area (Å²) >= 11 is 5.81. The lowest BCUT2D eigenvalue weighted by Crippen LogP contribution is -1.88. The Balaban J connectivity index is 2.48. The van der Waals surface area contributed by atoms with E-state index in [1.807, 2.05) is 60.7 Å². The van der Waals surface area contributed by atoms with E-state index in [-0.39, 0.29) is 0 Å². The maximum Gasteiger partial charge on any atom is 0.0437 e. The Labute approximate surface area is 111 Å². The molecule has 0 spiro atoms. The Morgan fingerprint density at radius 3 is 1.76 bits per heavy atom. The van der Waals surface area contributed by atoms with Crippen LogP contribution < -0.4 is 5.14 Å². The minimum Gasteiger partial charge on any atom is -0.274 e. The zero-order valence-electron chi connectivity index (χ0n) is 9.21. The van der Waals surface area contributed by atoms with Crippen molar-refractivity contribution in [1.82, 2.24) is 0 Å². The molecule has 0 fully saturated rings. The van der Waals surface area contributed by atoms with Gasteiger partial charge in [0.2, 0.25) is 0 Å². The van der Waals surface area contributed by atoms with Crippen molar-refractivity contribution in [3.05, 3.63) is 71.8 Å². The Bertz CT molecular complexity index is 506. The fourth-order valence-electron chi connectivity index (χ4n) is 1.58. The zero-order chi connectivity index (χ0) is 12.1. The van der Waals surface area contributed by atoms with Crippen LogP contribution in [-0.4, -0.2) is 0 Å². The van der Waals surface area contributed by atoms with Gasteiger partial charge in [0.05, 0.1) is 0 Å². The first-order chi connectivity index (χ1) is 8.33. The SMILES string of the molecule is NS/C(=C(\S)c1ccccc1)c1ccccc1. The van der Waals surface area contributed by atoms with E-state index in [4.69, 9.17) is 5.14 Å². The van der Waals surface area contributed by atoms with Crippen molar-refractivity contribution in [2.75, 3.05) is 0 Å². The monoisotopic (exact) mass is 259 g/mol. The van der Waals surface area contributed by atoms with Gasteiger partial charge < -0.3 is 0 Å². The Hall–Kier alpha value is -1.16. The van der Waals surface area contributed by atoms with E-state index in [1.165, 1.54) is 11.9 Å². The van der Waals surface area contributed by atoms with Crippen LogP contribution in [0.4, 0.5) is 0 Å². The number of nitrogens with two attached hydrogens (primary N) is 1. The van der Waals surface area contributed by atoms with Crippen LogP contribution in [0, 0.1) is 0 Å². The van der Waals surface area contributed by atoms with Gasteiger partial charge in [-0.3, -0.25) is 5.14 Å². The average molecular weight is 259 g/mol. The first-order valence-electron chi connectivity index (χ1n) is 5.23. The van der Waals surface area contributed by atoms with E-state index in [9.17, 15) is 0 Å². The molecule has 0 amide bonds. The van der Waals surface area contributed by atoms with Crippen LogP contribution in [0.15, 0.2) is 60.7 Å². The second kappa shape index (κ2) is 5.96. The molecule has 0 heterocycles. The highest BCUT2D eigenvalue weighted by Gasteiger charge is 2.07. The van der Waals surface area contributed by atoms with Gasteiger partial charge in [0.1, 0.15) is 0 Å². The van der Waals surface area contributed by atoms with Gasteiger partial charge in [-0.1, -0.05) is 60.7 Å². The highest BCUT2D eigenvalue weighted by Crippen LogP contribution is 2.34. The summed E-state index contributed by atoms with van der Waals surface area (Å²) in [5, 5.41) is 5.75. The molecule has 0 saturated heterocycles. The summed E-state index contributed by atoms with van der Waals surface area (Å²) in [5.74, 6) is 0. The van der Waals surface area contributed by atoms with Crippen LogP contribution >= 0.6 is 24.6 Å². The third-order valence-electron chi connectivity index (χ3n) is 2.42. The number of hydrogen-bond acceptors (Lipinski definition) is 3. The lowest BCUT2D eigenvalue weighted by Gasteiger charge is -2.09. The summed E-state index contributed by atoms with van der Waals surface area (Å²) in [7, 11) is 0. The maximum absolute atomic E-state index is 5.75. The quantitative estimate of drug-likeness (QED) is 0.494. The van der Waals surface area contributed by atoms with E-state index in [0.29, 0.717) is 0 Å². The first kappa shape index (κ1) is 12.3. The standard InChI is InChI=1S/C14H13NS2/c15-17-14(12-9-5-2-6-10-12)13(16)11-7-3-1-4-8-11/h1-10,16H,15H2/b14-13-. The second-order valence-electron chi connectivity index (χ2n) is 3.53. The van der Waals surface area contributed by atoms with Crippen molar-refractivity contribution >= 4 is 34.4 Å². The molecular weight excluding hydrogens is 246 g/mol. The van der Waals surface area contributed by atoms with Crippen molar-refractivity contribution in [1.29, 1.82) is 0 Å². The Morgan fingerprint density at radius 1 is 0.824 bits per heavy atom. The predicted octanol–water partition coefficient (Wildman–Crippen LogP) is 4.05. The fourth-order valence-corrected chi connectivity index (χ4v) is 2.52. The highest BCUT2D eigenvalue weighted by atomic mass is 32.2. The van der Waals surface area contributed by atoms with E-state index in [2.05, 4.69) is 12.6 Å². The Kier molecular flexibility index (Phi) is 4.31. The molecule has 2 aromatic carbocycles. The van der Waals surface area contributed by atoms with Crippen LogP contribution in [0.5, 0.6) is 0 Å². The summed E-state index contributed by atoms with van der Waals surface area (Å²) < 4.78 is 0. The lowest BCUT2D eigenvalue weighted by molar-refractivity contribution is 1.63. The van der Waals surface area contributed by atoms with Gasteiger partial charge in [0.15, 0.2) is 0 Å². The molecule has 86 valence electrons. The first-order valence-corrected chi connectivity index (χ1v) is 6.56. The number of hydrogen-bond donors (Lipinski definition) is 2. The van der Waals surface area contributed by atoms with E-state index < -0.39 is 0 Å². The van der Waals surface area contributed by atoms with Crippen molar-refractivity contribution < 1.29 is 0 Å². The average Bonchev–Trinajstić information content (AvgIpc) is 2.42. The zero-order valence-corrected chi connectivity index (χ0v) is 10.9. The molecule has 0 aliphatic heterocycles. The molecule has 1 nitrogen and oxygen atoms in total. The molecule has 3 heteroatoms. The van der Waals surface area contributed by atoms with Crippen molar-refractivity contribution in [2.24, 2.45) is 5.14 Å². The summed E-state index contributed by atoms with van der Waals surface area (Å²) in [5.41, 5.74) is 2.17. The normalized spacial score (nSPS) is 12.1. The molecule has 0 aromatic heterocycles. The van der Waals surface area contributed by atoms with Gasteiger partial charge in [-0.2, -0.15) is 0 Å². The minimum atomic E-state index is 0.907. The number of thiol groups is 1. The molecule has 2 aromatic rings. The van der Waals surface area contributed by atoms with Gasteiger partial charge in [0.25, 0.3) is 0 Å². The largest absolute Gasteiger partial charge is 0.274 e. The second-order valence-corrected chi connectivity index (χ2v) is 4.62. The minimum absolute atomic E-state index is 0.907. The van der Waals surface area contributed by atoms with E-state index in [0.717, 1.165) is 20.9 Å². The summed E-state index contributed by atoms with van der Waals surface area (Å²) in [4.78, 5) is 1.89. The molecule has 2 N–H and O–H groups in total. The summed E-state index contributed by atoms with van der Waals surface area (Å²) in [6, 6.07) is 20.1. The molecule has 0 atom stereocenters. The molecule has 0 radical (unpaired) electrons. The molecular formula is C14H13NS2. The highest BCUT2D eigenvalue weighted by molar-refractivity contribution is 8.08. The summed E-state index contributed by atoms with van der Waals surface area (Å²) in [6.07, 6.45) is 0. The summed E-state index contributed by atoms with van der Waals surface area (Å²) in [6.45, 7) is 0. The molecule has 0 unspecified atom stereocenters. The number of rotatable bonds is 3. The van der Waals surface area contributed by atoms with Gasteiger partial charge in [-0.15, -0.1) is 12.6 Å². The third kappa shape index (κ3) is 2.94. The van der Waals surface area contributed by atoms with Crippen molar-refractivity contribution in [3.63, 3.8) is 0 Å². The smallest absolute Gasteiger partial charge is 0.0437 e. The van der Waals surface area contributed by atoms with Gasteiger partial charge in [-0.25, -0.2) is 0 Å². The third-order valence-corrected chi connectivity index (χ3v) is 3.72. The van der Waals surface area contributed by atoms with Crippen LogP contribution in [-0.2, 0) is 0 Å². The van der Waals surface area contributed by atoms with Gasteiger partial charge >= 0.3 is 0 Å². The number of benzene rings is 2. The van der Waals surface area contributed by atoms with E-state index in [1.54, 1.807) is 0 Å². The van der Waals surface area contributed by atoms with Crippen LogP contribution in [0.1, 0.15) is 11.1 Å². The van der Waals surface area contributed by atoms with E-state index >= 15 is 0 Å². The predicted molar refractivity (Wildman–Crippen MR) is 80.5 cm³/mol. The lowest BCUT2D eigenvalue weighted by atomic mass is 10.1. The van der Waals surface area contributed by atoms with Gasteiger partial charge in [0, 0.05) is 9.81 Å². The van der Waals surface area contributed by atoms with Crippen molar-refractivity contribution in [2.45, 2.75) is 0 Å². The molecule has 0 bridgehead atoms. The van der Waals surface area contributed by atoms with Crippen LogP contribution in [0.2, 0.25) is 0 Å². The molecule has 0 aliphatic rings.